The van der Waals surface area contributed by atoms with Crippen LogP contribution in [0, 0.1) is 11.3 Å². The van der Waals surface area contributed by atoms with Gasteiger partial charge in [0, 0.05) is 7.05 Å². The second-order valence-electron chi connectivity index (χ2n) is 10.6. The van der Waals surface area contributed by atoms with Crippen LogP contribution in [-0.4, -0.2) is 61.1 Å². The molecule has 3 rings (SSSR count). The van der Waals surface area contributed by atoms with Gasteiger partial charge in [-0.1, -0.05) is 31.4 Å². The number of benzene rings is 2. The third-order valence-corrected chi connectivity index (χ3v) is 9.57. The van der Waals surface area contributed by atoms with E-state index in [0.717, 1.165) is 19.3 Å². The van der Waals surface area contributed by atoms with Gasteiger partial charge >= 0.3 is 0 Å². The molecule has 0 heterocycles. The van der Waals surface area contributed by atoms with Crippen LogP contribution >= 0.6 is 0 Å². The van der Waals surface area contributed by atoms with Crippen LogP contribution in [0.4, 0.5) is 0 Å². The molecule has 0 spiro atoms. The predicted molar refractivity (Wildman–Crippen MR) is 164 cm³/mol. The van der Waals surface area contributed by atoms with Crippen molar-refractivity contribution in [3.63, 3.8) is 0 Å². The number of nitrogens with one attached hydrogen (secondary N) is 1. The lowest BCUT2D eigenvalue weighted by Gasteiger charge is -2.29. The summed E-state index contributed by atoms with van der Waals surface area (Å²) in [5.74, 6) is 1.38. The molecule has 13 heteroatoms. The number of nitriles is 1. The molecular weight excluding hydrogens is 588 g/mol. The minimum absolute atomic E-state index is 0.135. The molecule has 1 aliphatic carbocycles. The Morgan fingerprint density at radius 3 is 1.98 bits per heavy atom. The topological polar surface area (TPSA) is 158 Å². The Labute approximate surface area is 259 Å². The molecule has 1 atom stereocenters. The van der Waals surface area contributed by atoms with Crippen LogP contribution in [0.15, 0.2) is 46.6 Å². The van der Waals surface area contributed by atoms with Gasteiger partial charge in [-0.05, 0) is 67.5 Å². The molecule has 0 radical (unpaired) electrons. The summed E-state index contributed by atoms with van der Waals surface area (Å²) in [7, 11) is 3.73. The third kappa shape index (κ3) is 8.39. The van der Waals surface area contributed by atoms with Crippen LogP contribution in [0.25, 0.3) is 0 Å². The van der Waals surface area contributed by atoms with Crippen molar-refractivity contribution in [2.24, 2.45) is 10.2 Å². The van der Waals surface area contributed by atoms with E-state index in [9.17, 15) is 18.5 Å². The van der Waals surface area contributed by atoms with Crippen LogP contribution in [-0.2, 0) is 24.6 Å². The van der Waals surface area contributed by atoms with E-state index < -0.39 is 32.7 Å². The van der Waals surface area contributed by atoms with Gasteiger partial charge in [-0.2, -0.15) is 23.9 Å². The summed E-state index contributed by atoms with van der Waals surface area (Å²) in [5.41, 5.74) is 2.30. The number of hydrogen-bond donors (Lipinski definition) is 1. The Hall–Kier alpha value is -3.89. The van der Waals surface area contributed by atoms with E-state index in [1.165, 1.54) is 21.3 Å². The van der Waals surface area contributed by atoms with Gasteiger partial charge in [0.1, 0.15) is 5.41 Å². The lowest BCUT2D eigenvalue weighted by atomic mass is 9.71. The van der Waals surface area contributed by atoms with Gasteiger partial charge in [0.05, 0.1) is 52.2 Å². The normalized spacial score (nSPS) is 14.9. The maximum Gasteiger partial charge on any atom is 0.290 e. The molecule has 240 valence electrons. The fourth-order valence-corrected chi connectivity index (χ4v) is 6.85. The van der Waals surface area contributed by atoms with Crippen molar-refractivity contribution in [2.75, 3.05) is 35.5 Å². The van der Waals surface area contributed by atoms with Gasteiger partial charge in [0.25, 0.3) is 10.1 Å². The highest BCUT2D eigenvalue weighted by atomic mass is 32.2. The van der Waals surface area contributed by atoms with E-state index >= 15 is 0 Å². The van der Waals surface area contributed by atoms with Crippen molar-refractivity contribution in [1.82, 2.24) is 5.48 Å². The summed E-state index contributed by atoms with van der Waals surface area (Å²) in [6, 6.07) is 12.7. The van der Waals surface area contributed by atoms with Gasteiger partial charge in [0.2, 0.25) is 5.91 Å². The van der Waals surface area contributed by atoms with E-state index in [1.54, 1.807) is 38.5 Å². The smallest absolute Gasteiger partial charge is 0.290 e. The highest BCUT2D eigenvalue weighted by Crippen LogP contribution is 2.43. The number of azo groups is 1. The lowest BCUT2D eigenvalue weighted by molar-refractivity contribution is -0.127. The zero-order valence-electron chi connectivity index (χ0n) is 26.0. The van der Waals surface area contributed by atoms with Crippen molar-refractivity contribution < 1.29 is 36.4 Å². The van der Waals surface area contributed by atoms with Crippen molar-refractivity contribution >= 4 is 16.0 Å². The highest BCUT2D eigenvalue weighted by molar-refractivity contribution is 7.87. The summed E-state index contributed by atoms with van der Waals surface area (Å²) in [4.78, 5) is 12.7. The third-order valence-electron chi connectivity index (χ3n) is 7.96. The van der Waals surface area contributed by atoms with E-state index in [-0.39, 0.29) is 6.42 Å². The van der Waals surface area contributed by atoms with Gasteiger partial charge in [-0.3, -0.25) is 4.79 Å². The summed E-state index contributed by atoms with van der Waals surface area (Å²) < 4.78 is 51.8. The molecular formula is C31H42N4O8S. The molecule has 1 N–H and O–H groups in total. The average Bonchev–Trinajstić information content (AvgIpc) is 3.05. The largest absolute Gasteiger partial charge is 0.493 e. The lowest BCUT2D eigenvalue weighted by Crippen LogP contribution is -2.35. The molecule has 0 saturated heterocycles. The molecule has 1 aliphatic rings. The molecule has 0 bridgehead atoms. The zero-order valence-corrected chi connectivity index (χ0v) is 26.8. The molecule has 1 amide bonds. The first kappa shape index (κ1) is 34.6. The van der Waals surface area contributed by atoms with Gasteiger partial charge < -0.3 is 18.9 Å². The van der Waals surface area contributed by atoms with E-state index in [0.29, 0.717) is 66.2 Å². The zero-order chi connectivity index (χ0) is 32.2. The summed E-state index contributed by atoms with van der Waals surface area (Å²) in [6.45, 7) is 0. The van der Waals surface area contributed by atoms with Crippen molar-refractivity contribution in [3.05, 3.63) is 47.5 Å². The minimum Gasteiger partial charge on any atom is -0.493 e. The quantitative estimate of drug-likeness (QED) is 0.193. The Morgan fingerprint density at radius 2 is 1.50 bits per heavy atom. The number of carbonyl (C=O) groups excluding carboxylic acids is 1. The molecule has 44 heavy (non-hydrogen) atoms. The fourth-order valence-electron chi connectivity index (χ4n) is 5.59. The van der Waals surface area contributed by atoms with Gasteiger partial charge in [-0.25, -0.2) is 5.48 Å². The highest BCUT2D eigenvalue weighted by Gasteiger charge is 2.36. The summed E-state index contributed by atoms with van der Waals surface area (Å²) in [5, 5.41) is 18.2. The average molecular weight is 631 g/mol. The Balaban J connectivity index is 1.82. The standard InChI is InChI=1S/C31H42N4O8S/c1-33-34-24(20-30(36)35-43-44(37,38)25-11-7-6-8-12-25)10-9-17-31(21-32,22-13-15-26(39-2)28(18-22)41-4)23-14-16-27(40-3)29(19-23)42-5/h13-16,18-19,24-25H,6-12,17,20H2,1-5H3,(H,35,36). The maximum absolute atomic E-state index is 12.7. The van der Waals surface area contributed by atoms with E-state index in [2.05, 4.69) is 21.8 Å². The first-order valence-electron chi connectivity index (χ1n) is 14.5. The van der Waals surface area contributed by atoms with Crippen LogP contribution in [0.2, 0.25) is 0 Å². The molecule has 1 unspecified atom stereocenters. The molecule has 1 saturated carbocycles. The summed E-state index contributed by atoms with van der Waals surface area (Å²) >= 11 is 0. The Bertz CT molecular complexity index is 1380. The number of ether oxygens (including phenoxy) is 4. The number of hydrogen-bond acceptors (Lipinski definition) is 11. The Morgan fingerprint density at radius 1 is 0.955 bits per heavy atom. The fraction of sp³-hybridized carbons (Fsp3) is 0.548. The van der Waals surface area contributed by atoms with Crippen molar-refractivity contribution in [3.8, 4) is 29.1 Å². The SMILES string of the molecule is CN=NC(CCCC(C#N)(c1ccc(OC)c(OC)c1)c1ccc(OC)c(OC)c1)CC(=O)NOS(=O)(=O)C1CCCCC1. The minimum atomic E-state index is -3.91. The first-order valence-corrected chi connectivity index (χ1v) is 16.0. The number of nitrogens with zero attached hydrogens (tertiary/aromatic N) is 3. The maximum atomic E-state index is 12.7. The first-order chi connectivity index (χ1) is 21.2. The van der Waals surface area contributed by atoms with Crippen LogP contribution in [0.5, 0.6) is 23.0 Å². The second-order valence-corrected chi connectivity index (χ2v) is 12.4. The number of carbonyl (C=O) groups is 1. The number of hydroxylamine groups is 1. The number of amides is 1. The summed E-state index contributed by atoms with van der Waals surface area (Å²) in [6.07, 6.45) is 4.74. The molecule has 0 aromatic heterocycles. The van der Waals surface area contributed by atoms with Gasteiger partial charge in [-0.15, -0.1) is 4.28 Å². The number of rotatable bonds is 16. The van der Waals surface area contributed by atoms with Crippen LogP contribution in [0.1, 0.15) is 68.9 Å². The molecule has 12 nitrogen and oxygen atoms in total. The predicted octanol–water partition coefficient (Wildman–Crippen LogP) is 5.25. The molecule has 2 aromatic rings. The molecule has 1 fully saturated rings. The van der Waals surface area contributed by atoms with Crippen molar-refractivity contribution in [1.29, 1.82) is 5.26 Å². The van der Waals surface area contributed by atoms with Crippen LogP contribution < -0.4 is 24.4 Å². The van der Waals surface area contributed by atoms with E-state index in [1.807, 2.05) is 12.1 Å². The van der Waals surface area contributed by atoms with Gasteiger partial charge in [0.15, 0.2) is 23.0 Å². The molecule has 2 aromatic carbocycles. The van der Waals surface area contributed by atoms with Crippen LogP contribution in [0.3, 0.4) is 0 Å². The van der Waals surface area contributed by atoms with Crippen molar-refractivity contribution in [2.45, 2.75) is 74.5 Å². The second kappa shape index (κ2) is 16.3. The number of methoxy groups -OCH3 is 4. The molecule has 0 aliphatic heterocycles. The Kier molecular flexibility index (Phi) is 12.8. The van der Waals surface area contributed by atoms with E-state index in [4.69, 9.17) is 23.2 Å². The monoisotopic (exact) mass is 630 g/mol.